The zero-order valence-corrected chi connectivity index (χ0v) is 24.7. The molecule has 8 nitrogen and oxygen atoms in total. The minimum atomic E-state index is -1.10. The summed E-state index contributed by atoms with van der Waals surface area (Å²) in [4.78, 5) is 24.7. The number of carboxylic acid groups (broad SMARTS) is 1. The number of aliphatic hydroxyl groups is 3. The zero-order valence-electron chi connectivity index (χ0n) is 24.7. The normalized spacial score (nSPS) is 41.4. The number of aliphatic hydroxyl groups excluding tert-OH is 3. The van der Waals surface area contributed by atoms with Crippen molar-refractivity contribution in [3.05, 3.63) is 29.8 Å². The van der Waals surface area contributed by atoms with Crippen LogP contribution in [0.4, 0.5) is 0 Å². The van der Waals surface area contributed by atoms with E-state index in [-0.39, 0.29) is 76.9 Å². The Morgan fingerprint density at radius 2 is 1.71 bits per heavy atom. The second-order valence-corrected chi connectivity index (χ2v) is 14.4. The molecule has 1 aromatic carbocycles. The van der Waals surface area contributed by atoms with Crippen LogP contribution in [0.3, 0.4) is 0 Å². The summed E-state index contributed by atoms with van der Waals surface area (Å²) >= 11 is 0. The Balaban J connectivity index is 1.23. The molecule has 0 aliphatic heterocycles. The molecule has 12 atom stereocenters. The van der Waals surface area contributed by atoms with Crippen LogP contribution in [0.1, 0.15) is 84.1 Å². The standard InChI is InChI=1S/C33H49NO7/c1-18(4-11-29(39)34-26(31(40)41)14-19-5-7-21(35)8-6-19)23-9-10-24-30-25(17-28(38)33(23,24)3)32(2)13-12-22(36)15-20(32)16-27(30)37/h5-8,18,20,22-28,30,35-38H,4,9-17H2,1-3H3,(H,34,39)(H,40,41)/t18-,20+,22-,23-,24+,25+,26+,27-,28+,30+,32+,33-/m1/s1. The van der Waals surface area contributed by atoms with E-state index < -0.39 is 24.2 Å². The van der Waals surface area contributed by atoms with Gasteiger partial charge in [-0.25, -0.2) is 4.79 Å². The highest BCUT2D eigenvalue weighted by Gasteiger charge is 2.65. The lowest BCUT2D eigenvalue weighted by Crippen LogP contribution is -2.62. The fourth-order valence-corrected chi connectivity index (χ4v) is 10.0. The molecule has 0 heterocycles. The molecule has 8 heteroatoms. The molecule has 5 rings (SSSR count). The number of aliphatic carboxylic acids is 1. The van der Waals surface area contributed by atoms with Crippen LogP contribution in [0.15, 0.2) is 24.3 Å². The third-order valence-electron chi connectivity index (χ3n) is 12.4. The van der Waals surface area contributed by atoms with E-state index >= 15 is 0 Å². The summed E-state index contributed by atoms with van der Waals surface area (Å²) in [7, 11) is 0. The Morgan fingerprint density at radius 1 is 1.00 bits per heavy atom. The smallest absolute Gasteiger partial charge is 0.326 e. The number of aromatic hydroxyl groups is 1. The van der Waals surface area contributed by atoms with Crippen LogP contribution in [0.5, 0.6) is 5.75 Å². The van der Waals surface area contributed by atoms with E-state index in [0.717, 1.165) is 38.5 Å². The predicted octanol–water partition coefficient (Wildman–Crippen LogP) is 3.88. The Bertz CT molecular complexity index is 1110. The molecule has 228 valence electrons. The molecule has 0 saturated heterocycles. The van der Waals surface area contributed by atoms with E-state index in [1.165, 1.54) is 12.1 Å². The number of carbonyl (C=O) groups is 2. The van der Waals surface area contributed by atoms with Gasteiger partial charge in [-0.3, -0.25) is 4.79 Å². The van der Waals surface area contributed by atoms with E-state index in [1.54, 1.807) is 12.1 Å². The van der Waals surface area contributed by atoms with Crippen LogP contribution in [-0.4, -0.2) is 61.8 Å². The number of nitrogens with one attached hydrogen (secondary N) is 1. The average molecular weight is 572 g/mol. The number of fused-ring (bicyclic) bond motifs is 5. The second-order valence-electron chi connectivity index (χ2n) is 14.4. The van der Waals surface area contributed by atoms with Crippen LogP contribution in [0, 0.1) is 46.3 Å². The quantitative estimate of drug-likeness (QED) is 0.277. The summed E-state index contributed by atoms with van der Waals surface area (Å²) in [6.07, 6.45) is 5.58. The first kappa shape index (κ1) is 30.3. The van der Waals surface area contributed by atoms with Crippen molar-refractivity contribution in [2.24, 2.45) is 46.3 Å². The average Bonchev–Trinajstić information content (AvgIpc) is 3.28. The summed E-state index contributed by atoms with van der Waals surface area (Å²) < 4.78 is 0. The Hall–Kier alpha value is -2.16. The summed E-state index contributed by atoms with van der Waals surface area (Å²) in [5.74, 6) is -0.00456. The van der Waals surface area contributed by atoms with Gasteiger partial charge in [0.1, 0.15) is 11.8 Å². The van der Waals surface area contributed by atoms with Crippen molar-refractivity contribution in [3.63, 3.8) is 0 Å². The van der Waals surface area contributed by atoms with E-state index in [0.29, 0.717) is 18.4 Å². The fourth-order valence-electron chi connectivity index (χ4n) is 10.0. The molecule has 0 radical (unpaired) electrons. The molecule has 1 aromatic rings. The van der Waals surface area contributed by atoms with Crippen LogP contribution in [-0.2, 0) is 16.0 Å². The third-order valence-corrected chi connectivity index (χ3v) is 12.4. The topological polar surface area (TPSA) is 147 Å². The summed E-state index contributed by atoms with van der Waals surface area (Å²) in [5, 5.41) is 55.4. The van der Waals surface area contributed by atoms with Gasteiger partial charge < -0.3 is 30.8 Å². The van der Waals surface area contributed by atoms with Crippen LogP contribution in [0.25, 0.3) is 0 Å². The molecule has 0 aromatic heterocycles. The predicted molar refractivity (Wildman–Crippen MR) is 154 cm³/mol. The molecule has 0 bridgehead atoms. The van der Waals surface area contributed by atoms with Gasteiger partial charge in [0.2, 0.25) is 5.91 Å². The monoisotopic (exact) mass is 571 g/mol. The number of phenols is 1. The molecule has 41 heavy (non-hydrogen) atoms. The van der Waals surface area contributed by atoms with Crippen LogP contribution >= 0.6 is 0 Å². The Labute approximate surface area is 243 Å². The van der Waals surface area contributed by atoms with E-state index in [4.69, 9.17) is 0 Å². The SMILES string of the molecule is C[C@H](CCC(=O)N[C@@H](Cc1ccc(O)cc1)C(=O)O)[C@H]1CC[C@H]2[C@@H]3[C@H](O)C[C@@H]4C[C@H](O)CC[C@]4(C)[C@H]3C[C@H](O)[C@]12C. The molecule has 6 N–H and O–H groups in total. The molecular formula is C33H49NO7. The minimum Gasteiger partial charge on any atom is -0.508 e. The Morgan fingerprint density at radius 3 is 2.39 bits per heavy atom. The number of carbonyl (C=O) groups excluding carboxylic acids is 1. The number of rotatable bonds is 8. The molecule has 0 unspecified atom stereocenters. The first-order valence-corrected chi connectivity index (χ1v) is 15.7. The number of hydrogen-bond acceptors (Lipinski definition) is 6. The lowest BCUT2D eigenvalue weighted by molar-refractivity contribution is -0.207. The summed E-state index contributed by atoms with van der Waals surface area (Å²) in [6.45, 7) is 6.69. The number of amides is 1. The number of benzene rings is 1. The zero-order chi connectivity index (χ0) is 29.7. The highest BCUT2D eigenvalue weighted by Crippen LogP contribution is 2.68. The fraction of sp³-hybridized carbons (Fsp3) is 0.758. The van der Waals surface area contributed by atoms with Gasteiger partial charge in [-0.05, 0) is 115 Å². The van der Waals surface area contributed by atoms with Gasteiger partial charge in [0.15, 0.2) is 0 Å². The lowest BCUT2D eigenvalue weighted by Gasteiger charge is -2.63. The van der Waals surface area contributed by atoms with Gasteiger partial charge in [0.05, 0.1) is 18.3 Å². The molecule has 4 aliphatic rings. The molecule has 4 saturated carbocycles. The van der Waals surface area contributed by atoms with Gasteiger partial charge in [0.25, 0.3) is 0 Å². The summed E-state index contributed by atoms with van der Waals surface area (Å²) in [5.41, 5.74) is 0.416. The molecule has 4 aliphatic carbocycles. The van der Waals surface area contributed by atoms with Gasteiger partial charge in [0, 0.05) is 12.8 Å². The highest BCUT2D eigenvalue weighted by atomic mass is 16.4. The first-order chi connectivity index (χ1) is 19.3. The maximum absolute atomic E-state index is 12.9. The lowest BCUT2D eigenvalue weighted by atomic mass is 9.43. The number of carboxylic acids is 1. The van der Waals surface area contributed by atoms with Crippen molar-refractivity contribution < 1.29 is 35.1 Å². The Kier molecular flexibility index (Phi) is 8.50. The highest BCUT2D eigenvalue weighted by molar-refractivity contribution is 5.83. The van der Waals surface area contributed by atoms with E-state index in [1.807, 2.05) is 0 Å². The number of phenolic OH excluding ortho intramolecular Hbond substituents is 1. The maximum atomic E-state index is 12.9. The van der Waals surface area contributed by atoms with Crippen molar-refractivity contribution in [3.8, 4) is 5.75 Å². The largest absolute Gasteiger partial charge is 0.508 e. The van der Waals surface area contributed by atoms with E-state index in [9.17, 15) is 35.1 Å². The van der Waals surface area contributed by atoms with Gasteiger partial charge >= 0.3 is 5.97 Å². The van der Waals surface area contributed by atoms with Crippen LogP contribution < -0.4 is 5.32 Å². The van der Waals surface area contributed by atoms with Crippen molar-refractivity contribution in [2.45, 2.75) is 109 Å². The summed E-state index contributed by atoms with van der Waals surface area (Å²) in [6, 6.07) is 5.25. The van der Waals surface area contributed by atoms with Crippen molar-refractivity contribution in [1.29, 1.82) is 0 Å². The van der Waals surface area contributed by atoms with Crippen molar-refractivity contribution >= 4 is 11.9 Å². The molecular weight excluding hydrogens is 522 g/mol. The van der Waals surface area contributed by atoms with Gasteiger partial charge in [-0.15, -0.1) is 0 Å². The third kappa shape index (κ3) is 5.52. The molecule has 4 fully saturated rings. The van der Waals surface area contributed by atoms with Gasteiger partial charge in [-0.1, -0.05) is 32.9 Å². The first-order valence-electron chi connectivity index (χ1n) is 15.7. The van der Waals surface area contributed by atoms with Crippen LogP contribution in [0.2, 0.25) is 0 Å². The second kappa shape index (κ2) is 11.5. The van der Waals surface area contributed by atoms with Gasteiger partial charge in [-0.2, -0.15) is 0 Å². The van der Waals surface area contributed by atoms with Crippen molar-refractivity contribution in [2.75, 3.05) is 0 Å². The molecule has 1 amide bonds. The maximum Gasteiger partial charge on any atom is 0.326 e. The number of hydrogen-bond donors (Lipinski definition) is 6. The molecule has 0 spiro atoms. The van der Waals surface area contributed by atoms with Crippen molar-refractivity contribution in [1.82, 2.24) is 5.32 Å². The van der Waals surface area contributed by atoms with E-state index in [2.05, 4.69) is 26.1 Å². The minimum absolute atomic E-state index is 0.0358.